The molecular weight excluding hydrogens is 327 g/mol. The second-order valence-corrected chi connectivity index (χ2v) is 7.26. The maximum absolute atomic E-state index is 13.5. The number of nitriles is 1. The first-order valence-electron chi connectivity index (χ1n) is 9.37. The lowest BCUT2D eigenvalue weighted by Gasteiger charge is -2.34. The molecule has 0 amide bonds. The van der Waals surface area contributed by atoms with E-state index in [9.17, 15) is 9.65 Å². The molecule has 1 unspecified atom stereocenters. The van der Waals surface area contributed by atoms with Crippen molar-refractivity contribution >= 4 is 0 Å². The molecule has 1 atom stereocenters. The molecule has 0 spiro atoms. The Labute approximate surface area is 154 Å². The van der Waals surface area contributed by atoms with Gasteiger partial charge in [-0.1, -0.05) is 24.6 Å². The van der Waals surface area contributed by atoms with Crippen LogP contribution in [0.2, 0.25) is 0 Å². The van der Waals surface area contributed by atoms with Crippen molar-refractivity contribution in [2.24, 2.45) is 0 Å². The van der Waals surface area contributed by atoms with E-state index in [4.69, 9.17) is 4.74 Å². The maximum Gasteiger partial charge on any atom is 0.123 e. The van der Waals surface area contributed by atoms with Crippen LogP contribution in [0.1, 0.15) is 47.9 Å². The minimum absolute atomic E-state index is 0.238. The molecule has 1 fully saturated rings. The molecule has 0 aromatic heterocycles. The lowest BCUT2D eigenvalue weighted by atomic mass is 9.82. The summed E-state index contributed by atoms with van der Waals surface area (Å²) in [6.07, 6.45) is 4.66. The summed E-state index contributed by atoms with van der Waals surface area (Å²) in [5.74, 6) is -0.238. The Morgan fingerprint density at radius 2 is 1.85 bits per heavy atom. The summed E-state index contributed by atoms with van der Waals surface area (Å²) in [4.78, 5) is 2.50. The molecule has 2 aliphatic heterocycles. The van der Waals surface area contributed by atoms with Gasteiger partial charge in [0.25, 0.3) is 0 Å². The Balaban J connectivity index is 1.69. The number of halogens is 1. The molecule has 1 saturated heterocycles. The number of rotatable bonds is 4. The van der Waals surface area contributed by atoms with Crippen LogP contribution in [0.15, 0.2) is 42.5 Å². The predicted molar refractivity (Wildman–Crippen MR) is 98.0 cm³/mol. The van der Waals surface area contributed by atoms with Gasteiger partial charge in [0.1, 0.15) is 11.4 Å². The van der Waals surface area contributed by atoms with Crippen molar-refractivity contribution in [1.29, 1.82) is 5.26 Å². The molecule has 2 heterocycles. The Morgan fingerprint density at radius 3 is 2.58 bits per heavy atom. The van der Waals surface area contributed by atoms with Gasteiger partial charge in [0.2, 0.25) is 0 Å². The van der Waals surface area contributed by atoms with Crippen molar-refractivity contribution < 1.29 is 9.13 Å². The van der Waals surface area contributed by atoms with Crippen LogP contribution in [0, 0.1) is 17.1 Å². The summed E-state index contributed by atoms with van der Waals surface area (Å²) in [6.45, 7) is 3.72. The second kappa shape index (κ2) is 7.19. The van der Waals surface area contributed by atoms with Crippen LogP contribution < -0.4 is 0 Å². The molecule has 2 aliphatic rings. The number of fused-ring (bicyclic) bond motifs is 1. The summed E-state index contributed by atoms with van der Waals surface area (Å²) in [6, 6.07) is 14.7. The fraction of sp³-hybridized carbons (Fsp3) is 0.409. The lowest BCUT2D eigenvalue weighted by Crippen LogP contribution is -2.36. The third-order valence-electron chi connectivity index (χ3n) is 5.68. The molecule has 0 aliphatic carbocycles. The first kappa shape index (κ1) is 17.2. The minimum Gasteiger partial charge on any atom is -0.361 e. The Bertz CT molecular complexity index is 821. The van der Waals surface area contributed by atoms with Crippen molar-refractivity contribution in [2.45, 2.75) is 37.9 Å². The Morgan fingerprint density at radius 1 is 1.08 bits per heavy atom. The number of likely N-dealkylation sites (tertiary alicyclic amines) is 1. The largest absolute Gasteiger partial charge is 0.361 e. The molecule has 2 aromatic rings. The van der Waals surface area contributed by atoms with Crippen LogP contribution >= 0.6 is 0 Å². The van der Waals surface area contributed by atoms with Crippen LogP contribution in [0.4, 0.5) is 4.39 Å². The van der Waals surface area contributed by atoms with Gasteiger partial charge in [-0.25, -0.2) is 4.39 Å². The highest BCUT2D eigenvalue weighted by atomic mass is 19.1. The van der Waals surface area contributed by atoms with E-state index in [0.29, 0.717) is 12.2 Å². The zero-order valence-corrected chi connectivity index (χ0v) is 14.9. The standard InChI is InChI=1S/C22H23FN2O/c23-20-7-5-19(6-8-20)22(10-13-25-11-2-1-3-12-25)21-9-4-17(15-24)14-18(21)16-26-22/h4-9,14H,1-3,10-13,16H2. The van der Waals surface area contributed by atoms with Gasteiger partial charge in [-0.3, -0.25) is 0 Å². The highest BCUT2D eigenvalue weighted by Gasteiger charge is 2.42. The van der Waals surface area contributed by atoms with Crippen molar-refractivity contribution in [3.05, 3.63) is 70.5 Å². The fourth-order valence-electron chi connectivity index (χ4n) is 4.26. The van der Waals surface area contributed by atoms with Crippen LogP contribution in [0.5, 0.6) is 0 Å². The second-order valence-electron chi connectivity index (χ2n) is 7.26. The average molecular weight is 350 g/mol. The van der Waals surface area contributed by atoms with E-state index in [2.05, 4.69) is 11.0 Å². The molecule has 4 heteroatoms. The third kappa shape index (κ3) is 3.13. The van der Waals surface area contributed by atoms with E-state index < -0.39 is 5.60 Å². The summed E-state index contributed by atoms with van der Waals surface area (Å²) in [5.41, 5.74) is 3.25. The Hall–Kier alpha value is -2.22. The molecule has 26 heavy (non-hydrogen) atoms. The molecule has 0 N–H and O–H groups in total. The van der Waals surface area contributed by atoms with Gasteiger partial charge in [-0.05, 0) is 73.3 Å². The highest BCUT2D eigenvalue weighted by Crippen LogP contribution is 2.45. The average Bonchev–Trinajstić information content (AvgIpc) is 3.06. The lowest BCUT2D eigenvalue weighted by molar-refractivity contribution is -0.0188. The molecule has 2 aromatic carbocycles. The number of ether oxygens (including phenoxy) is 1. The quantitative estimate of drug-likeness (QED) is 0.823. The van der Waals surface area contributed by atoms with E-state index in [-0.39, 0.29) is 5.82 Å². The van der Waals surface area contributed by atoms with Gasteiger partial charge in [0.05, 0.1) is 18.2 Å². The van der Waals surface area contributed by atoms with Crippen LogP contribution in [0.3, 0.4) is 0 Å². The monoisotopic (exact) mass is 350 g/mol. The third-order valence-corrected chi connectivity index (χ3v) is 5.68. The summed E-state index contributed by atoms with van der Waals surface area (Å²) in [7, 11) is 0. The van der Waals surface area contributed by atoms with Crippen molar-refractivity contribution in [1.82, 2.24) is 4.90 Å². The first-order valence-corrected chi connectivity index (χ1v) is 9.37. The number of nitrogens with zero attached hydrogens (tertiary/aromatic N) is 2. The number of benzene rings is 2. The molecular formula is C22H23FN2O. The molecule has 3 nitrogen and oxygen atoms in total. The van der Waals surface area contributed by atoms with E-state index in [1.165, 1.54) is 31.4 Å². The topological polar surface area (TPSA) is 36.3 Å². The van der Waals surface area contributed by atoms with Crippen molar-refractivity contribution in [3.63, 3.8) is 0 Å². The molecule has 0 radical (unpaired) electrons. The molecule has 134 valence electrons. The number of hydrogen-bond acceptors (Lipinski definition) is 3. The zero-order valence-electron chi connectivity index (χ0n) is 14.9. The molecule has 0 saturated carbocycles. The summed E-state index contributed by atoms with van der Waals surface area (Å²) < 4.78 is 19.9. The zero-order chi connectivity index (χ0) is 18.0. The predicted octanol–water partition coefficient (Wildman–Crippen LogP) is 4.35. The van der Waals surface area contributed by atoms with Crippen molar-refractivity contribution in [2.75, 3.05) is 19.6 Å². The van der Waals surface area contributed by atoms with Gasteiger partial charge in [-0.2, -0.15) is 5.26 Å². The normalized spacial score (nSPS) is 22.8. The summed E-state index contributed by atoms with van der Waals surface area (Å²) in [5, 5.41) is 9.18. The van der Waals surface area contributed by atoms with Gasteiger partial charge < -0.3 is 9.64 Å². The fourth-order valence-corrected chi connectivity index (χ4v) is 4.26. The van der Waals surface area contributed by atoms with Gasteiger partial charge in [0.15, 0.2) is 0 Å². The number of hydrogen-bond donors (Lipinski definition) is 0. The number of piperidine rings is 1. The van der Waals surface area contributed by atoms with Crippen LogP contribution in [-0.4, -0.2) is 24.5 Å². The minimum atomic E-state index is -0.561. The van der Waals surface area contributed by atoms with Crippen LogP contribution in [0.25, 0.3) is 0 Å². The highest BCUT2D eigenvalue weighted by molar-refractivity contribution is 5.48. The van der Waals surface area contributed by atoms with Gasteiger partial charge in [-0.15, -0.1) is 0 Å². The maximum atomic E-state index is 13.5. The van der Waals surface area contributed by atoms with E-state index in [1.807, 2.05) is 30.3 Å². The van der Waals surface area contributed by atoms with E-state index in [0.717, 1.165) is 42.7 Å². The van der Waals surface area contributed by atoms with E-state index in [1.54, 1.807) is 0 Å². The molecule has 0 bridgehead atoms. The first-order chi connectivity index (χ1) is 12.7. The Kier molecular flexibility index (Phi) is 4.76. The van der Waals surface area contributed by atoms with Gasteiger partial charge in [0, 0.05) is 6.54 Å². The van der Waals surface area contributed by atoms with Crippen molar-refractivity contribution in [3.8, 4) is 6.07 Å². The smallest absolute Gasteiger partial charge is 0.123 e. The van der Waals surface area contributed by atoms with Crippen LogP contribution in [-0.2, 0) is 16.9 Å². The van der Waals surface area contributed by atoms with E-state index >= 15 is 0 Å². The molecule has 4 rings (SSSR count). The summed E-state index contributed by atoms with van der Waals surface area (Å²) >= 11 is 0. The SMILES string of the molecule is N#Cc1ccc2c(c1)COC2(CCN1CCCCC1)c1ccc(F)cc1. The van der Waals surface area contributed by atoms with Gasteiger partial charge >= 0.3 is 0 Å².